The van der Waals surface area contributed by atoms with E-state index in [-0.39, 0.29) is 12.9 Å². The predicted octanol–water partition coefficient (Wildman–Crippen LogP) is 0.298. The van der Waals surface area contributed by atoms with Gasteiger partial charge in [0.15, 0.2) is 6.29 Å². The van der Waals surface area contributed by atoms with Crippen molar-refractivity contribution < 1.29 is 14.6 Å². The molecule has 0 radical (unpaired) electrons. The third-order valence-electron chi connectivity index (χ3n) is 1.41. The van der Waals surface area contributed by atoms with Crippen LogP contribution in [0.25, 0.3) is 0 Å². The summed E-state index contributed by atoms with van der Waals surface area (Å²) in [5.41, 5.74) is 0.944. The zero-order valence-corrected chi connectivity index (χ0v) is 6.04. The highest BCUT2D eigenvalue weighted by molar-refractivity contribution is 5.02. The maximum atomic E-state index is 8.51. The predicted molar refractivity (Wildman–Crippen MR) is 36.5 cm³/mol. The van der Waals surface area contributed by atoms with Crippen LogP contribution < -0.4 is 0 Å². The van der Waals surface area contributed by atoms with Crippen molar-refractivity contribution in [3.63, 3.8) is 0 Å². The molecule has 1 saturated heterocycles. The molecule has 0 atom stereocenters. The van der Waals surface area contributed by atoms with Gasteiger partial charge in [-0.3, -0.25) is 0 Å². The quantitative estimate of drug-likeness (QED) is 0.566. The molecule has 0 aromatic carbocycles. The Hall–Kier alpha value is -0.380. The van der Waals surface area contributed by atoms with Gasteiger partial charge in [0.25, 0.3) is 0 Å². The molecule has 0 aromatic heterocycles. The van der Waals surface area contributed by atoms with Gasteiger partial charge in [0.1, 0.15) is 0 Å². The van der Waals surface area contributed by atoms with Crippen molar-refractivity contribution >= 4 is 0 Å². The molecule has 0 spiro atoms. The lowest BCUT2D eigenvalue weighted by molar-refractivity contribution is -0.0114. The Balaban J connectivity index is 2.39. The Bertz CT molecular complexity index is 125. The Morgan fingerprint density at radius 2 is 2.20 bits per heavy atom. The lowest BCUT2D eigenvalue weighted by atomic mass is 10.3. The smallest absolute Gasteiger partial charge is 0.179 e. The van der Waals surface area contributed by atoms with Crippen LogP contribution in [0.15, 0.2) is 11.6 Å². The summed E-state index contributed by atoms with van der Waals surface area (Å²) in [6, 6.07) is 0. The van der Waals surface area contributed by atoms with E-state index in [0.717, 1.165) is 5.57 Å². The minimum absolute atomic E-state index is 0.0506. The second-order valence-corrected chi connectivity index (χ2v) is 2.20. The number of hydrogen-bond acceptors (Lipinski definition) is 3. The van der Waals surface area contributed by atoms with Crippen molar-refractivity contribution in [1.29, 1.82) is 0 Å². The van der Waals surface area contributed by atoms with Gasteiger partial charge in [-0.25, -0.2) is 0 Å². The largest absolute Gasteiger partial charge is 0.392 e. The first-order valence-corrected chi connectivity index (χ1v) is 3.35. The molecule has 0 saturated carbocycles. The van der Waals surface area contributed by atoms with E-state index in [9.17, 15) is 0 Å². The summed E-state index contributed by atoms with van der Waals surface area (Å²) in [6.07, 6.45) is 1.47. The second-order valence-electron chi connectivity index (χ2n) is 2.20. The molecule has 0 unspecified atom stereocenters. The molecule has 0 aromatic rings. The van der Waals surface area contributed by atoms with Crippen LogP contribution in [-0.2, 0) is 9.47 Å². The summed E-state index contributed by atoms with van der Waals surface area (Å²) in [6.45, 7) is 3.24. The Labute approximate surface area is 60.3 Å². The molecule has 3 heteroatoms. The molecule has 1 N–H and O–H groups in total. The molecule has 1 heterocycles. The first-order valence-electron chi connectivity index (χ1n) is 3.35. The first kappa shape index (κ1) is 7.72. The average Bonchev–Trinajstić information content (AvgIpc) is 2.38. The highest BCUT2D eigenvalue weighted by Crippen LogP contribution is 2.12. The summed E-state index contributed by atoms with van der Waals surface area (Å²) in [7, 11) is 0. The maximum absolute atomic E-state index is 8.51. The van der Waals surface area contributed by atoms with Gasteiger partial charge in [0, 0.05) is 0 Å². The maximum Gasteiger partial charge on any atom is 0.179 e. The van der Waals surface area contributed by atoms with E-state index in [1.807, 2.05) is 6.92 Å². The summed E-state index contributed by atoms with van der Waals surface area (Å²) in [4.78, 5) is 0. The SMILES string of the molecule is CC(=CCO)C1OCCO1. The van der Waals surface area contributed by atoms with Crippen LogP contribution in [0.2, 0.25) is 0 Å². The van der Waals surface area contributed by atoms with Gasteiger partial charge in [-0.2, -0.15) is 0 Å². The molecule has 1 aliphatic heterocycles. The fourth-order valence-electron chi connectivity index (χ4n) is 0.862. The summed E-state index contributed by atoms with van der Waals surface area (Å²) < 4.78 is 10.3. The monoisotopic (exact) mass is 144 g/mol. The molecule has 0 bridgehead atoms. The standard InChI is InChI=1S/C7H12O3/c1-6(2-3-8)7-9-4-5-10-7/h2,7-8H,3-5H2,1H3. The van der Waals surface area contributed by atoms with Crippen molar-refractivity contribution in [3.05, 3.63) is 11.6 Å². The van der Waals surface area contributed by atoms with Gasteiger partial charge >= 0.3 is 0 Å². The highest BCUT2D eigenvalue weighted by atomic mass is 16.7. The molecule has 1 fully saturated rings. The number of hydrogen-bond donors (Lipinski definition) is 1. The van der Waals surface area contributed by atoms with Crippen LogP contribution >= 0.6 is 0 Å². The Kier molecular flexibility index (Phi) is 2.86. The van der Waals surface area contributed by atoms with Crippen LogP contribution in [0.4, 0.5) is 0 Å². The van der Waals surface area contributed by atoms with Crippen molar-refractivity contribution in [3.8, 4) is 0 Å². The van der Waals surface area contributed by atoms with E-state index >= 15 is 0 Å². The van der Waals surface area contributed by atoms with Crippen LogP contribution in [0.5, 0.6) is 0 Å². The van der Waals surface area contributed by atoms with Crippen LogP contribution in [0.3, 0.4) is 0 Å². The van der Waals surface area contributed by atoms with E-state index in [1.165, 1.54) is 0 Å². The average molecular weight is 144 g/mol. The zero-order valence-electron chi connectivity index (χ0n) is 6.04. The van der Waals surface area contributed by atoms with E-state index in [2.05, 4.69) is 0 Å². The molecule has 0 amide bonds. The minimum atomic E-state index is -0.216. The fraction of sp³-hybridized carbons (Fsp3) is 0.714. The summed E-state index contributed by atoms with van der Waals surface area (Å²) in [5, 5.41) is 8.51. The number of ether oxygens (including phenoxy) is 2. The van der Waals surface area contributed by atoms with Crippen molar-refractivity contribution in [1.82, 2.24) is 0 Å². The highest BCUT2D eigenvalue weighted by Gasteiger charge is 2.16. The van der Waals surface area contributed by atoms with E-state index in [0.29, 0.717) is 13.2 Å². The Morgan fingerprint density at radius 3 is 2.70 bits per heavy atom. The molecule has 1 aliphatic rings. The van der Waals surface area contributed by atoms with Crippen LogP contribution in [0, 0.1) is 0 Å². The third kappa shape index (κ3) is 1.80. The van der Waals surface area contributed by atoms with Gasteiger partial charge in [0.05, 0.1) is 19.8 Å². The molecular formula is C7H12O3. The molecule has 10 heavy (non-hydrogen) atoms. The van der Waals surface area contributed by atoms with Gasteiger partial charge in [0.2, 0.25) is 0 Å². The zero-order chi connectivity index (χ0) is 7.40. The first-order chi connectivity index (χ1) is 4.84. The van der Waals surface area contributed by atoms with E-state index in [4.69, 9.17) is 14.6 Å². The summed E-state index contributed by atoms with van der Waals surface area (Å²) >= 11 is 0. The number of aliphatic hydroxyl groups excluding tert-OH is 1. The number of aliphatic hydroxyl groups is 1. The van der Waals surface area contributed by atoms with Crippen LogP contribution in [-0.4, -0.2) is 31.2 Å². The number of rotatable bonds is 2. The molecular weight excluding hydrogens is 132 g/mol. The van der Waals surface area contributed by atoms with E-state index in [1.54, 1.807) is 6.08 Å². The van der Waals surface area contributed by atoms with Gasteiger partial charge in [-0.15, -0.1) is 0 Å². The lowest BCUT2D eigenvalue weighted by Gasteiger charge is -2.07. The fourth-order valence-corrected chi connectivity index (χ4v) is 0.862. The van der Waals surface area contributed by atoms with E-state index < -0.39 is 0 Å². The van der Waals surface area contributed by atoms with Gasteiger partial charge in [-0.1, -0.05) is 6.08 Å². The normalized spacial score (nSPS) is 22.0. The van der Waals surface area contributed by atoms with Crippen molar-refractivity contribution in [2.75, 3.05) is 19.8 Å². The van der Waals surface area contributed by atoms with Crippen molar-refractivity contribution in [2.24, 2.45) is 0 Å². The second kappa shape index (κ2) is 3.71. The minimum Gasteiger partial charge on any atom is -0.392 e. The molecule has 58 valence electrons. The van der Waals surface area contributed by atoms with Gasteiger partial charge in [-0.05, 0) is 12.5 Å². The molecule has 0 aliphatic carbocycles. The summed E-state index contributed by atoms with van der Waals surface area (Å²) in [5.74, 6) is 0. The third-order valence-corrected chi connectivity index (χ3v) is 1.41. The molecule has 1 rings (SSSR count). The molecule has 3 nitrogen and oxygen atoms in total. The Morgan fingerprint density at radius 1 is 1.60 bits per heavy atom. The topological polar surface area (TPSA) is 38.7 Å². The lowest BCUT2D eigenvalue weighted by Crippen LogP contribution is -2.09. The van der Waals surface area contributed by atoms with Crippen LogP contribution in [0.1, 0.15) is 6.92 Å². The van der Waals surface area contributed by atoms with Crippen molar-refractivity contribution in [2.45, 2.75) is 13.2 Å². The van der Waals surface area contributed by atoms with Gasteiger partial charge < -0.3 is 14.6 Å².